The molecule has 0 unspecified atom stereocenters. The normalized spacial score (nSPS) is 10.4. The second kappa shape index (κ2) is 4.09. The topological polar surface area (TPSA) is 56.2 Å². The SMILES string of the molecule is Nc1cc(C(=O)c2ccc(Br)o2)ccc1F. The minimum atomic E-state index is -0.544. The summed E-state index contributed by atoms with van der Waals surface area (Å²) in [4.78, 5) is 11.8. The Bertz CT molecular complexity index is 551. The van der Waals surface area contributed by atoms with Crippen molar-refractivity contribution in [2.75, 3.05) is 5.73 Å². The molecular weight excluding hydrogens is 277 g/mol. The molecule has 82 valence electrons. The molecule has 5 heteroatoms. The minimum absolute atomic E-state index is 0.0588. The van der Waals surface area contributed by atoms with Gasteiger partial charge in [0.15, 0.2) is 10.4 Å². The molecule has 0 atom stereocenters. The van der Waals surface area contributed by atoms with Gasteiger partial charge in [-0.3, -0.25) is 4.79 Å². The summed E-state index contributed by atoms with van der Waals surface area (Å²) in [6.07, 6.45) is 0. The molecule has 3 nitrogen and oxygen atoms in total. The van der Waals surface area contributed by atoms with Crippen LogP contribution in [0.3, 0.4) is 0 Å². The summed E-state index contributed by atoms with van der Waals surface area (Å²) in [6.45, 7) is 0. The van der Waals surface area contributed by atoms with Gasteiger partial charge < -0.3 is 10.2 Å². The second-order valence-electron chi connectivity index (χ2n) is 3.17. The lowest BCUT2D eigenvalue weighted by Crippen LogP contribution is -2.01. The molecule has 2 aromatic rings. The third-order valence-corrected chi connectivity index (χ3v) is 2.48. The van der Waals surface area contributed by atoms with E-state index in [9.17, 15) is 9.18 Å². The van der Waals surface area contributed by atoms with Crippen molar-refractivity contribution >= 4 is 27.4 Å². The molecule has 1 heterocycles. The number of nitrogens with two attached hydrogens (primary N) is 1. The van der Waals surface area contributed by atoms with Crippen LogP contribution in [0, 0.1) is 5.82 Å². The third kappa shape index (κ3) is 1.99. The largest absolute Gasteiger partial charge is 0.446 e. The molecule has 0 aliphatic heterocycles. The molecule has 0 saturated carbocycles. The van der Waals surface area contributed by atoms with Gasteiger partial charge in [-0.05, 0) is 46.3 Å². The van der Waals surface area contributed by atoms with Gasteiger partial charge in [-0.1, -0.05) is 0 Å². The van der Waals surface area contributed by atoms with E-state index in [1.54, 1.807) is 6.07 Å². The van der Waals surface area contributed by atoms with Gasteiger partial charge in [-0.15, -0.1) is 0 Å². The lowest BCUT2D eigenvalue weighted by atomic mass is 10.1. The van der Waals surface area contributed by atoms with Crippen molar-refractivity contribution in [3.63, 3.8) is 0 Å². The average Bonchev–Trinajstić information content (AvgIpc) is 2.68. The Morgan fingerprint density at radius 1 is 1.31 bits per heavy atom. The summed E-state index contributed by atoms with van der Waals surface area (Å²) >= 11 is 3.10. The molecule has 2 rings (SSSR count). The number of anilines is 1. The van der Waals surface area contributed by atoms with Crippen LogP contribution in [0.2, 0.25) is 0 Å². The summed E-state index contributed by atoms with van der Waals surface area (Å²) in [5.74, 6) is -0.701. The Morgan fingerprint density at radius 3 is 2.62 bits per heavy atom. The highest BCUT2D eigenvalue weighted by Crippen LogP contribution is 2.19. The van der Waals surface area contributed by atoms with E-state index in [0.29, 0.717) is 10.2 Å². The van der Waals surface area contributed by atoms with Crippen LogP contribution < -0.4 is 5.73 Å². The zero-order valence-corrected chi connectivity index (χ0v) is 9.62. The number of hydrogen-bond acceptors (Lipinski definition) is 3. The number of carbonyl (C=O) groups is 1. The van der Waals surface area contributed by atoms with Gasteiger partial charge in [0.05, 0.1) is 5.69 Å². The smallest absolute Gasteiger partial charge is 0.228 e. The van der Waals surface area contributed by atoms with E-state index in [0.717, 1.165) is 6.07 Å². The Kier molecular flexibility index (Phi) is 2.78. The number of nitrogen functional groups attached to an aromatic ring is 1. The van der Waals surface area contributed by atoms with Crippen molar-refractivity contribution in [1.82, 2.24) is 0 Å². The maximum atomic E-state index is 12.9. The highest BCUT2D eigenvalue weighted by Gasteiger charge is 2.14. The number of benzene rings is 1. The first-order chi connectivity index (χ1) is 7.58. The zero-order chi connectivity index (χ0) is 11.7. The van der Waals surface area contributed by atoms with E-state index in [1.165, 1.54) is 18.2 Å². The van der Waals surface area contributed by atoms with Crippen molar-refractivity contribution in [2.24, 2.45) is 0 Å². The Balaban J connectivity index is 2.38. The lowest BCUT2D eigenvalue weighted by molar-refractivity contribution is 0.101. The van der Waals surface area contributed by atoms with Crippen LogP contribution in [0.25, 0.3) is 0 Å². The van der Waals surface area contributed by atoms with Crippen molar-refractivity contribution in [3.8, 4) is 0 Å². The van der Waals surface area contributed by atoms with Crippen LogP contribution in [-0.4, -0.2) is 5.78 Å². The molecule has 16 heavy (non-hydrogen) atoms. The monoisotopic (exact) mass is 283 g/mol. The second-order valence-corrected chi connectivity index (χ2v) is 3.95. The minimum Gasteiger partial charge on any atom is -0.446 e. The van der Waals surface area contributed by atoms with Crippen LogP contribution in [0.5, 0.6) is 0 Å². The van der Waals surface area contributed by atoms with Gasteiger partial charge in [-0.25, -0.2) is 4.39 Å². The van der Waals surface area contributed by atoms with Crippen LogP contribution in [-0.2, 0) is 0 Å². The fourth-order valence-corrected chi connectivity index (χ4v) is 1.57. The predicted octanol–water partition coefficient (Wildman–Crippen LogP) is 2.99. The zero-order valence-electron chi connectivity index (χ0n) is 8.04. The third-order valence-electron chi connectivity index (χ3n) is 2.06. The summed E-state index contributed by atoms with van der Waals surface area (Å²) in [5, 5.41) is 0. The molecular formula is C11H7BrFNO2. The molecule has 0 radical (unpaired) electrons. The van der Waals surface area contributed by atoms with Crippen LogP contribution in [0.4, 0.5) is 10.1 Å². The Labute approximate surface area is 99.2 Å². The highest BCUT2D eigenvalue weighted by molar-refractivity contribution is 9.10. The molecule has 0 aliphatic rings. The van der Waals surface area contributed by atoms with Gasteiger partial charge in [0.1, 0.15) is 5.82 Å². The first-order valence-corrected chi connectivity index (χ1v) is 5.22. The van der Waals surface area contributed by atoms with Gasteiger partial charge in [0.25, 0.3) is 0 Å². The number of hydrogen-bond donors (Lipinski definition) is 1. The molecule has 0 amide bonds. The highest BCUT2D eigenvalue weighted by atomic mass is 79.9. The molecule has 1 aromatic carbocycles. The first-order valence-electron chi connectivity index (χ1n) is 4.43. The number of carbonyl (C=O) groups excluding carboxylic acids is 1. The summed E-state index contributed by atoms with van der Waals surface area (Å²) in [7, 11) is 0. The number of halogens is 2. The fraction of sp³-hybridized carbons (Fsp3) is 0. The van der Waals surface area contributed by atoms with E-state index in [4.69, 9.17) is 10.2 Å². The molecule has 0 saturated heterocycles. The quantitative estimate of drug-likeness (QED) is 0.681. The van der Waals surface area contributed by atoms with E-state index >= 15 is 0 Å². The maximum Gasteiger partial charge on any atom is 0.228 e. The number of ketones is 1. The van der Waals surface area contributed by atoms with Gasteiger partial charge in [-0.2, -0.15) is 0 Å². The van der Waals surface area contributed by atoms with Crippen molar-refractivity contribution < 1.29 is 13.6 Å². The molecule has 1 aromatic heterocycles. The van der Waals surface area contributed by atoms with E-state index < -0.39 is 5.82 Å². The summed E-state index contributed by atoms with van der Waals surface area (Å²) < 4.78 is 18.5. The van der Waals surface area contributed by atoms with Crippen LogP contribution in [0.15, 0.2) is 39.4 Å². The fourth-order valence-electron chi connectivity index (χ4n) is 1.26. The molecule has 2 N–H and O–H groups in total. The number of rotatable bonds is 2. The number of furan rings is 1. The first kappa shape index (κ1) is 10.9. The van der Waals surface area contributed by atoms with Crippen molar-refractivity contribution in [1.29, 1.82) is 0 Å². The predicted molar refractivity (Wildman–Crippen MR) is 60.7 cm³/mol. The Hall–Kier alpha value is -1.62. The van der Waals surface area contributed by atoms with Gasteiger partial charge in [0.2, 0.25) is 5.78 Å². The van der Waals surface area contributed by atoms with Gasteiger partial charge >= 0.3 is 0 Å². The standard InChI is InChI=1S/C11H7BrFNO2/c12-10-4-3-9(16-10)11(15)6-1-2-7(13)8(14)5-6/h1-5H,14H2. The van der Waals surface area contributed by atoms with E-state index in [-0.39, 0.29) is 17.2 Å². The summed E-state index contributed by atoms with van der Waals surface area (Å²) in [6, 6.07) is 6.95. The van der Waals surface area contributed by atoms with E-state index in [2.05, 4.69) is 15.9 Å². The lowest BCUT2D eigenvalue weighted by Gasteiger charge is -2.00. The molecule has 0 fully saturated rings. The van der Waals surface area contributed by atoms with E-state index in [1.807, 2.05) is 0 Å². The molecule has 0 spiro atoms. The molecule has 0 aliphatic carbocycles. The van der Waals surface area contributed by atoms with Crippen molar-refractivity contribution in [3.05, 3.63) is 52.1 Å². The maximum absolute atomic E-state index is 12.9. The van der Waals surface area contributed by atoms with Crippen LogP contribution in [0.1, 0.15) is 16.1 Å². The van der Waals surface area contributed by atoms with Crippen LogP contribution >= 0.6 is 15.9 Å². The van der Waals surface area contributed by atoms with Crippen molar-refractivity contribution in [2.45, 2.75) is 0 Å². The summed E-state index contributed by atoms with van der Waals surface area (Å²) in [5.41, 5.74) is 5.61. The molecule has 0 bridgehead atoms. The Morgan fingerprint density at radius 2 is 2.06 bits per heavy atom. The average molecular weight is 284 g/mol. The van der Waals surface area contributed by atoms with Gasteiger partial charge in [0, 0.05) is 5.56 Å².